The number of aliphatic hydroxyl groups is 1. The van der Waals surface area contributed by atoms with Gasteiger partial charge in [0.1, 0.15) is 30.5 Å². The van der Waals surface area contributed by atoms with Crippen LogP contribution in [0.25, 0.3) is 0 Å². The first-order chi connectivity index (χ1) is 29.1. The number of aliphatic imine (C=N–C) groups is 1. The van der Waals surface area contributed by atoms with Crippen molar-refractivity contribution in [3.63, 3.8) is 0 Å². The van der Waals surface area contributed by atoms with Crippen LogP contribution in [0.4, 0.5) is 0 Å². The number of ether oxygens (including phenoxy) is 3. The van der Waals surface area contributed by atoms with E-state index in [0.717, 1.165) is 44.8 Å². The van der Waals surface area contributed by atoms with Crippen LogP contribution in [-0.2, 0) is 38.2 Å². The summed E-state index contributed by atoms with van der Waals surface area (Å²) in [6.45, 7) is 7.67. The quantitative estimate of drug-likeness (QED) is 0.0198. The van der Waals surface area contributed by atoms with Crippen molar-refractivity contribution in [3.05, 3.63) is 0 Å². The lowest BCUT2D eigenvalue weighted by atomic mass is 9.89. The van der Waals surface area contributed by atoms with E-state index in [-0.39, 0.29) is 19.3 Å². The summed E-state index contributed by atoms with van der Waals surface area (Å²) in [7, 11) is 0. The van der Waals surface area contributed by atoms with E-state index in [9.17, 15) is 34.2 Å². The summed E-state index contributed by atoms with van der Waals surface area (Å²) in [4.78, 5) is 66.1. The number of aliphatic hydroxyl groups excluding tert-OH is 1. The highest BCUT2D eigenvalue weighted by atomic mass is 16.6. The van der Waals surface area contributed by atoms with Crippen LogP contribution in [0.2, 0.25) is 0 Å². The van der Waals surface area contributed by atoms with E-state index < -0.39 is 54.2 Å². The average Bonchev–Trinajstić information content (AvgIpc) is 3.21. The fourth-order valence-electron chi connectivity index (χ4n) is 7.48. The van der Waals surface area contributed by atoms with Gasteiger partial charge in [0, 0.05) is 32.2 Å². The molecular formula is C49H89NO10. The highest BCUT2D eigenvalue weighted by Gasteiger charge is 2.45. The molecule has 0 rings (SSSR count). The first-order valence-corrected chi connectivity index (χ1v) is 24.5. The molecule has 0 bridgehead atoms. The normalized spacial score (nSPS) is 14.0. The monoisotopic (exact) mass is 852 g/mol. The topological polar surface area (TPSA) is 166 Å². The molecule has 0 aromatic carbocycles. The second kappa shape index (κ2) is 41.5. The number of nitrogens with zero attached hydrogens (tertiary/aromatic N) is 1. The number of aliphatic carboxylic acids is 1. The van der Waals surface area contributed by atoms with Crippen LogP contribution >= 0.6 is 0 Å². The Hall–Kier alpha value is -2.82. The number of carbonyl (C=O) groups is 5. The maximum Gasteiger partial charge on any atom is 0.313 e. The van der Waals surface area contributed by atoms with E-state index in [2.05, 4.69) is 18.8 Å². The molecule has 0 fully saturated rings. The minimum atomic E-state index is -1.74. The minimum Gasteiger partial charge on any atom is -0.481 e. The molecule has 0 aliphatic rings. The van der Waals surface area contributed by atoms with Gasteiger partial charge in [-0.15, -0.1) is 0 Å². The lowest BCUT2D eigenvalue weighted by Gasteiger charge is -2.33. The third kappa shape index (κ3) is 33.8. The number of esters is 3. The molecule has 0 aromatic rings. The second-order valence-electron chi connectivity index (χ2n) is 17.0. The van der Waals surface area contributed by atoms with Gasteiger partial charge in [-0.1, -0.05) is 168 Å². The molecule has 11 heteroatoms. The molecule has 0 aliphatic carbocycles. The summed E-state index contributed by atoms with van der Waals surface area (Å²) >= 11 is 0. The van der Waals surface area contributed by atoms with Gasteiger partial charge in [0.05, 0.1) is 0 Å². The molecule has 60 heavy (non-hydrogen) atoms. The summed E-state index contributed by atoms with van der Waals surface area (Å²) < 4.78 is 16.8. The fourth-order valence-corrected chi connectivity index (χ4v) is 7.48. The van der Waals surface area contributed by atoms with Crippen LogP contribution in [0.5, 0.6) is 0 Å². The van der Waals surface area contributed by atoms with Crippen molar-refractivity contribution in [2.24, 2.45) is 10.9 Å². The molecule has 0 saturated heterocycles. The molecule has 350 valence electrons. The van der Waals surface area contributed by atoms with Crippen LogP contribution in [0.3, 0.4) is 0 Å². The Bertz CT molecular complexity index is 1100. The zero-order chi connectivity index (χ0) is 44.5. The molecular weight excluding hydrogens is 763 g/mol. The smallest absolute Gasteiger partial charge is 0.313 e. The minimum absolute atomic E-state index is 0.0755. The van der Waals surface area contributed by atoms with Gasteiger partial charge in [-0.05, 0) is 52.2 Å². The third-order valence-corrected chi connectivity index (χ3v) is 11.3. The van der Waals surface area contributed by atoms with E-state index in [1.807, 2.05) is 0 Å². The standard InChI is InChI=1S/C49H89NO10/c1-5-7-9-11-13-15-17-19-21-23-25-27-30-35-43(52)58-41(3)47(55)46(49(56)57)48(60-45(54)37-34-39-50-38-32-29-33-40-51)42(4)59-44(53)36-31-28-26-24-22-20-18-16-14-12-10-8-6-2/h38,40-42,46-48,55H,5-37,39H2,1-4H3,(H,56,57)/b50-38+. The first kappa shape index (κ1) is 57.2. The highest BCUT2D eigenvalue weighted by Crippen LogP contribution is 2.25. The van der Waals surface area contributed by atoms with Gasteiger partial charge >= 0.3 is 23.9 Å². The Balaban J connectivity index is 5.06. The number of carbonyl (C=O) groups excluding carboxylic acids is 4. The number of unbranched alkanes of at least 4 members (excludes halogenated alkanes) is 26. The number of carboxylic acids is 1. The maximum absolute atomic E-state index is 13.0. The summed E-state index contributed by atoms with van der Waals surface area (Å²) in [6, 6.07) is 0. The fraction of sp³-hybridized carbons (Fsp3) is 0.878. The summed E-state index contributed by atoms with van der Waals surface area (Å²) in [5, 5.41) is 21.6. The first-order valence-electron chi connectivity index (χ1n) is 24.5. The van der Waals surface area contributed by atoms with Gasteiger partial charge in [-0.3, -0.25) is 24.2 Å². The zero-order valence-corrected chi connectivity index (χ0v) is 38.7. The zero-order valence-electron chi connectivity index (χ0n) is 38.7. The predicted octanol–water partition coefficient (Wildman–Crippen LogP) is 12.0. The van der Waals surface area contributed by atoms with Gasteiger partial charge in [0.2, 0.25) is 0 Å². The Morgan fingerprint density at radius 2 is 0.867 bits per heavy atom. The lowest BCUT2D eigenvalue weighted by molar-refractivity contribution is -0.188. The van der Waals surface area contributed by atoms with Crippen molar-refractivity contribution >= 4 is 36.4 Å². The van der Waals surface area contributed by atoms with Crippen molar-refractivity contribution in [2.75, 3.05) is 6.54 Å². The van der Waals surface area contributed by atoms with Gasteiger partial charge < -0.3 is 29.2 Å². The molecule has 0 radical (unpaired) electrons. The molecule has 0 amide bonds. The molecule has 0 spiro atoms. The Kier molecular flexibility index (Phi) is 39.6. The molecule has 5 unspecified atom stereocenters. The number of aldehydes is 1. The predicted molar refractivity (Wildman–Crippen MR) is 241 cm³/mol. The second-order valence-corrected chi connectivity index (χ2v) is 17.0. The van der Waals surface area contributed by atoms with Gasteiger partial charge in [-0.2, -0.15) is 0 Å². The number of carboxylic acid groups (broad SMARTS) is 1. The molecule has 0 aromatic heterocycles. The Morgan fingerprint density at radius 1 is 0.500 bits per heavy atom. The summed E-state index contributed by atoms with van der Waals surface area (Å²) in [5.74, 6) is -5.00. The SMILES string of the molecule is CCCCCCCCCCCCCCCC(=O)OC(C)C(O)C(C(=O)O)C(OC(=O)CCC/N=C/CCCC=O)C(C)OC(=O)CCCCCCCCCCCCCCC. The molecule has 0 aliphatic heterocycles. The van der Waals surface area contributed by atoms with Gasteiger partial charge in [0.15, 0.2) is 6.10 Å². The molecule has 0 saturated carbocycles. The number of rotatable bonds is 44. The number of hydrogen-bond donors (Lipinski definition) is 2. The summed E-state index contributed by atoms with van der Waals surface area (Å²) in [5.41, 5.74) is 0. The average molecular weight is 852 g/mol. The van der Waals surface area contributed by atoms with Gasteiger partial charge in [0.25, 0.3) is 0 Å². The lowest BCUT2D eigenvalue weighted by Crippen LogP contribution is -2.51. The van der Waals surface area contributed by atoms with E-state index in [4.69, 9.17) is 14.2 Å². The van der Waals surface area contributed by atoms with E-state index in [1.165, 1.54) is 129 Å². The third-order valence-electron chi connectivity index (χ3n) is 11.3. The Morgan fingerprint density at radius 3 is 1.27 bits per heavy atom. The highest BCUT2D eigenvalue weighted by molar-refractivity contribution is 5.75. The van der Waals surface area contributed by atoms with Crippen molar-refractivity contribution in [3.8, 4) is 0 Å². The number of hydrogen-bond acceptors (Lipinski definition) is 10. The van der Waals surface area contributed by atoms with E-state index in [1.54, 1.807) is 6.21 Å². The van der Waals surface area contributed by atoms with Crippen LogP contribution < -0.4 is 0 Å². The molecule has 0 heterocycles. The van der Waals surface area contributed by atoms with Crippen LogP contribution in [0.1, 0.15) is 240 Å². The van der Waals surface area contributed by atoms with Crippen LogP contribution in [0.15, 0.2) is 4.99 Å². The molecule has 5 atom stereocenters. The van der Waals surface area contributed by atoms with Crippen LogP contribution in [-0.4, -0.2) is 77.6 Å². The van der Waals surface area contributed by atoms with Crippen LogP contribution in [0, 0.1) is 5.92 Å². The van der Waals surface area contributed by atoms with Crippen molar-refractivity contribution in [1.82, 2.24) is 0 Å². The van der Waals surface area contributed by atoms with Gasteiger partial charge in [-0.25, -0.2) is 0 Å². The maximum atomic E-state index is 13.0. The molecule has 11 nitrogen and oxygen atoms in total. The van der Waals surface area contributed by atoms with Crippen molar-refractivity contribution in [2.45, 2.75) is 264 Å². The largest absolute Gasteiger partial charge is 0.481 e. The van der Waals surface area contributed by atoms with Crippen molar-refractivity contribution < 1.29 is 48.4 Å². The Labute approximate surface area is 365 Å². The summed E-state index contributed by atoms with van der Waals surface area (Å²) in [6.07, 6.45) is 29.7. The molecule has 2 N–H and O–H groups in total. The van der Waals surface area contributed by atoms with E-state index >= 15 is 0 Å². The van der Waals surface area contributed by atoms with E-state index in [0.29, 0.717) is 45.1 Å². The van der Waals surface area contributed by atoms with Crippen molar-refractivity contribution in [1.29, 1.82) is 0 Å².